The Labute approximate surface area is 118 Å². The molecule has 20 heavy (non-hydrogen) atoms. The molecule has 1 aliphatic carbocycles. The molecule has 2 atom stereocenters. The molecular formula is C15H22FN3O. The van der Waals surface area contributed by atoms with Gasteiger partial charge >= 0.3 is 0 Å². The van der Waals surface area contributed by atoms with Gasteiger partial charge in [0, 0.05) is 12.2 Å². The van der Waals surface area contributed by atoms with E-state index < -0.39 is 11.7 Å². The van der Waals surface area contributed by atoms with Crippen molar-refractivity contribution in [1.82, 2.24) is 0 Å². The maximum atomic E-state index is 13.8. The van der Waals surface area contributed by atoms with Crippen molar-refractivity contribution in [3.8, 4) is 0 Å². The highest BCUT2D eigenvalue weighted by Gasteiger charge is 2.19. The zero-order valence-electron chi connectivity index (χ0n) is 11.8. The van der Waals surface area contributed by atoms with Crippen molar-refractivity contribution in [2.75, 3.05) is 17.6 Å². The fourth-order valence-corrected chi connectivity index (χ4v) is 2.94. The molecule has 0 aromatic heterocycles. The first-order valence-electron chi connectivity index (χ1n) is 7.10. The molecule has 0 saturated heterocycles. The molecule has 0 bridgehead atoms. The smallest absolute Gasteiger partial charge is 0.250 e. The van der Waals surface area contributed by atoms with Crippen LogP contribution in [0.1, 0.15) is 43.0 Å². The second kappa shape index (κ2) is 6.11. The maximum absolute atomic E-state index is 13.8. The van der Waals surface area contributed by atoms with Gasteiger partial charge in [0.2, 0.25) is 0 Å². The molecule has 0 aliphatic heterocycles. The number of nitrogens with one attached hydrogen (secondary N) is 1. The van der Waals surface area contributed by atoms with Gasteiger partial charge in [-0.2, -0.15) is 0 Å². The zero-order valence-corrected chi connectivity index (χ0v) is 11.8. The van der Waals surface area contributed by atoms with Crippen molar-refractivity contribution in [3.05, 3.63) is 23.5 Å². The molecule has 1 aliphatic rings. The number of carbonyl (C=O) groups is 1. The number of hydrogen-bond acceptors (Lipinski definition) is 3. The maximum Gasteiger partial charge on any atom is 0.250 e. The average molecular weight is 279 g/mol. The van der Waals surface area contributed by atoms with Crippen LogP contribution in [0.5, 0.6) is 0 Å². The van der Waals surface area contributed by atoms with Gasteiger partial charge in [-0.1, -0.05) is 19.8 Å². The van der Waals surface area contributed by atoms with E-state index in [2.05, 4.69) is 12.2 Å². The number of nitrogens with two attached hydrogens (primary N) is 2. The minimum absolute atomic E-state index is 0.0758. The van der Waals surface area contributed by atoms with E-state index in [1.54, 1.807) is 0 Å². The van der Waals surface area contributed by atoms with Gasteiger partial charge in [-0.3, -0.25) is 4.79 Å². The molecule has 2 rings (SSSR count). The standard InChI is InChI=1S/C15H22FN3O/c1-9-3-2-4-10(5-9)8-19-14-6-11(15(18)20)13(17)7-12(14)16/h6-7,9-10,19H,2-5,8,17H2,1H3,(H2,18,20). The minimum atomic E-state index is -0.642. The molecule has 0 spiro atoms. The zero-order chi connectivity index (χ0) is 14.7. The summed E-state index contributed by atoms with van der Waals surface area (Å²) in [5, 5.41) is 3.09. The van der Waals surface area contributed by atoms with Gasteiger partial charge in [-0.15, -0.1) is 0 Å². The van der Waals surface area contributed by atoms with E-state index in [1.807, 2.05) is 0 Å². The molecule has 0 radical (unpaired) electrons. The summed E-state index contributed by atoms with van der Waals surface area (Å²) in [6.45, 7) is 2.96. The lowest BCUT2D eigenvalue weighted by Gasteiger charge is -2.27. The Morgan fingerprint density at radius 3 is 2.85 bits per heavy atom. The van der Waals surface area contributed by atoms with Crippen molar-refractivity contribution in [3.63, 3.8) is 0 Å². The van der Waals surface area contributed by atoms with Crippen molar-refractivity contribution >= 4 is 17.3 Å². The minimum Gasteiger partial charge on any atom is -0.398 e. The second-order valence-corrected chi connectivity index (χ2v) is 5.80. The summed E-state index contributed by atoms with van der Waals surface area (Å²) in [7, 11) is 0. The third-order valence-corrected chi connectivity index (χ3v) is 4.03. The number of benzene rings is 1. The second-order valence-electron chi connectivity index (χ2n) is 5.80. The molecule has 5 N–H and O–H groups in total. The molecule has 1 fully saturated rings. The van der Waals surface area contributed by atoms with Crippen molar-refractivity contribution in [1.29, 1.82) is 0 Å². The molecule has 1 aromatic carbocycles. The van der Waals surface area contributed by atoms with Gasteiger partial charge in [-0.25, -0.2) is 4.39 Å². The number of primary amides is 1. The molecule has 1 amide bonds. The highest BCUT2D eigenvalue weighted by molar-refractivity contribution is 5.99. The fourth-order valence-electron chi connectivity index (χ4n) is 2.94. The number of anilines is 2. The van der Waals surface area contributed by atoms with Crippen LogP contribution in [0.2, 0.25) is 0 Å². The SMILES string of the molecule is CC1CCCC(CNc2cc(C(N)=O)c(N)cc2F)C1. The Balaban J connectivity index is 2.05. The van der Waals surface area contributed by atoms with Crippen LogP contribution < -0.4 is 16.8 Å². The number of nitrogen functional groups attached to an aromatic ring is 1. The van der Waals surface area contributed by atoms with Gasteiger partial charge in [0.1, 0.15) is 5.82 Å². The van der Waals surface area contributed by atoms with Crippen molar-refractivity contribution < 1.29 is 9.18 Å². The first-order chi connectivity index (χ1) is 9.47. The van der Waals surface area contributed by atoms with Crippen LogP contribution in [0.3, 0.4) is 0 Å². The number of halogens is 1. The van der Waals surface area contributed by atoms with Crippen LogP contribution in [-0.2, 0) is 0 Å². The quantitative estimate of drug-likeness (QED) is 0.741. The Hall–Kier alpha value is -1.78. The summed E-state index contributed by atoms with van der Waals surface area (Å²) in [5.74, 6) is 0.189. The van der Waals surface area contributed by atoms with E-state index >= 15 is 0 Å². The van der Waals surface area contributed by atoms with Crippen molar-refractivity contribution in [2.45, 2.75) is 32.6 Å². The van der Waals surface area contributed by atoms with Crippen LogP contribution >= 0.6 is 0 Å². The first kappa shape index (κ1) is 14.6. The number of rotatable bonds is 4. The predicted molar refractivity (Wildman–Crippen MR) is 78.9 cm³/mol. The van der Waals surface area contributed by atoms with E-state index in [4.69, 9.17) is 11.5 Å². The molecule has 2 unspecified atom stereocenters. The average Bonchev–Trinajstić information content (AvgIpc) is 2.37. The lowest BCUT2D eigenvalue weighted by Crippen LogP contribution is -2.22. The highest BCUT2D eigenvalue weighted by atomic mass is 19.1. The summed E-state index contributed by atoms with van der Waals surface area (Å²) >= 11 is 0. The lowest BCUT2D eigenvalue weighted by atomic mass is 9.82. The Morgan fingerprint density at radius 2 is 2.20 bits per heavy atom. The third-order valence-electron chi connectivity index (χ3n) is 4.03. The van der Waals surface area contributed by atoms with Crippen LogP contribution in [0.25, 0.3) is 0 Å². The van der Waals surface area contributed by atoms with Gasteiger partial charge < -0.3 is 16.8 Å². The van der Waals surface area contributed by atoms with Crippen LogP contribution in [-0.4, -0.2) is 12.5 Å². The van der Waals surface area contributed by atoms with E-state index in [1.165, 1.54) is 18.9 Å². The molecule has 5 heteroatoms. The van der Waals surface area contributed by atoms with Gasteiger partial charge in [0.15, 0.2) is 0 Å². The molecule has 1 saturated carbocycles. The van der Waals surface area contributed by atoms with E-state index in [9.17, 15) is 9.18 Å². The van der Waals surface area contributed by atoms with E-state index in [-0.39, 0.29) is 11.3 Å². The fraction of sp³-hybridized carbons (Fsp3) is 0.533. The van der Waals surface area contributed by atoms with Crippen LogP contribution in [0.15, 0.2) is 12.1 Å². The number of amides is 1. The normalized spacial score (nSPS) is 22.5. The predicted octanol–water partition coefficient (Wildman–Crippen LogP) is 2.75. The summed E-state index contributed by atoms with van der Waals surface area (Å²) in [4.78, 5) is 11.2. The topological polar surface area (TPSA) is 81.1 Å². The third kappa shape index (κ3) is 3.40. The largest absolute Gasteiger partial charge is 0.398 e. The summed E-state index contributed by atoms with van der Waals surface area (Å²) < 4.78 is 13.8. The van der Waals surface area contributed by atoms with Crippen LogP contribution in [0.4, 0.5) is 15.8 Å². The molecule has 1 aromatic rings. The van der Waals surface area contributed by atoms with Gasteiger partial charge in [0.05, 0.1) is 11.3 Å². The molecule has 110 valence electrons. The summed E-state index contributed by atoms with van der Waals surface area (Å²) in [6.07, 6.45) is 4.83. The van der Waals surface area contributed by atoms with Crippen LogP contribution in [0, 0.1) is 17.7 Å². The summed E-state index contributed by atoms with van der Waals surface area (Å²) in [5.41, 5.74) is 11.3. The van der Waals surface area contributed by atoms with E-state index in [0.717, 1.165) is 24.8 Å². The number of carbonyl (C=O) groups excluding carboxylic acids is 1. The molecule has 4 nitrogen and oxygen atoms in total. The Bertz CT molecular complexity index is 504. The molecular weight excluding hydrogens is 257 g/mol. The highest BCUT2D eigenvalue weighted by Crippen LogP contribution is 2.29. The molecule has 0 heterocycles. The Morgan fingerprint density at radius 1 is 1.45 bits per heavy atom. The van der Waals surface area contributed by atoms with Gasteiger partial charge in [0.25, 0.3) is 5.91 Å². The lowest BCUT2D eigenvalue weighted by molar-refractivity contribution is 0.100. The Kier molecular flexibility index (Phi) is 4.47. The monoisotopic (exact) mass is 279 g/mol. The van der Waals surface area contributed by atoms with E-state index in [0.29, 0.717) is 18.2 Å². The van der Waals surface area contributed by atoms with Crippen molar-refractivity contribution in [2.24, 2.45) is 17.6 Å². The summed E-state index contributed by atoms with van der Waals surface area (Å²) in [6, 6.07) is 2.55. The number of hydrogen-bond donors (Lipinski definition) is 3. The van der Waals surface area contributed by atoms with Gasteiger partial charge in [-0.05, 0) is 36.8 Å². The first-order valence-corrected chi connectivity index (χ1v) is 7.10.